The van der Waals surface area contributed by atoms with Crippen LogP contribution in [0.2, 0.25) is 0 Å². The Morgan fingerprint density at radius 1 is 1.35 bits per heavy atom. The van der Waals surface area contributed by atoms with E-state index >= 15 is 0 Å². The molecule has 1 unspecified atom stereocenters. The molecule has 0 aliphatic heterocycles. The topological polar surface area (TPSA) is 29.9 Å². The summed E-state index contributed by atoms with van der Waals surface area (Å²) >= 11 is 0. The quantitative estimate of drug-likeness (QED) is 0.821. The van der Waals surface area contributed by atoms with Crippen molar-refractivity contribution in [3.05, 3.63) is 17.0 Å². The molecule has 1 fully saturated rings. The lowest BCUT2D eigenvalue weighted by molar-refractivity contribution is 0.386. The Bertz CT molecular complexity index is 377. The summed E-state index contributed by atoms with van der Waals surface area (Å²) in [5.41, 5.74) is 3.85. The molecule has 0 spiro atoms. The second-order valence-electron chi connectivity index (χ2n) is 5.37. The van der Waals surface area contributed by atoms with Crippen LogP contribution in [-0.2, 0) is 0 Å². The van der Waals surface area contributed by atoms with E-state index in [-0.39, 0.29) is 0 Å². The zero-order chi connectivity index (χ0) is 12.4. The Balaban J connectivity index is 2.09. The maximum absolute atomic E-state index is 4.70. The molecular weight excluding hydrogens is 210 g/mol. The van der Waals surface area contributed by atoms with E-state index in [0.717, 1.165) is 12.6 Å². The number of rotatable bonds is 6. The van der Waals surface area contributed by atoms with E-state index in [1.54, 1.807) is 0 Å². The molecule has 1 aromatic heterocycles. The summed E-state index contributed by atoms with van der Waals surface area (Å²) in [5.74, 6) is 0. The standard InChI is InChI=1S/C14H25N3/c1-5-6-14(9-15-13-7-8-13)17-12(4)10(2)11(3)16-17/h13-15H,5-9H2,1-4H3. The Morgan fingerprint density at radius 3 is 2.53 bits per heavy atom. The molecule has 1 heterocycles. The molecule has 3 nitrogen and oxygen atoms in total. The van der Waals surface area contributed by atoms with Gasteiger partial charge in [-0.25, -0.2) is 0 Å². The SMILES string of the molecule is CCCC(CNC1CC1)n1nc(C)c(C)c1C. The van der Waals surface area contributed by atoms with Gasteiger partial charge in [0, 0.05) is 18.3 Å². The van der Waals surface area contributed by atoms with Gasteiger partial charge in [-0.15, -0.1) is 0 Å². The molecule has 1 atom stereocenters. The highest BCUT2D eigenvalue weighted by Crippen LogP contribution is 2.23. The normalized spacial score (nSPS) is 17.4. The summed E-state index contributed by atoms with van der Waals surface area (Å²) in [6.45, 7) is 9.79. The van der Waals surface area contributed by atoms with Gasteiger partial charge in [-0.1, -0.05) is 13.3 Å². The lowest BCUT2D eigenvalue weighted by Gasteiger charge is -2.19. The number of hydrogen-bond acceptors (Lipinski definition) is 2. The summed E-state index contributed by atoms with van der Waals surface area (Å²) in [6, 6.07) is 1.31. The predicted octanol–water partition coefficient (Wildman–Crippen LogP) is 2.90. The first-order valence-corrected chi connectivity index (χ1v) is 6.89. The van der Waals surface area contributed by atoms with Crippen LogP contribution in [0.5, 0.6) is 0 Å². The van der Waals surface area contributed by atoms with Gasteiger partial charge in [-0.3, -0.25) is 4.68 Å². The van der Waals surface area contributed by atoms with Crippen LogP contribution in [0.25, 0.3) is 0 Å². The molecule has 3 heteroatoms. The molecular formula is C14H25N3. The largest absolute Gasteiger partial charge is 0.312 e. The van der Waals surface area contributed by atoms with Gasteiger partial charge in [0.05, 0.1) is 11.7 Å². The van der Waals surface area contributed by atoms with E-state index in [0.29, 0.717) is 6.04 Å². The molecule has 1 aliphatic rings. The Morgan fingerprint density at radius 2 is 2.06 bits per heavy atom. The second-order valence-corrected chi connectivity index (χ2v) is 5.37. The van der Waals surface area contributed by atoms with Gasteiger partial charge < -0.3 is 5.32 Å². The number of aryl methyl sites for hydroxylation is 1. The van der Waals surface area contributed by atoms with Crippen molar-refractivity contribution in [2.45, 2.75) is 65.5 Å². The Hall–Kier alpha value is -0.830. The van der Waals surface area contributed by atoms with Crippen molar-refractivity contribution in [3.63, 3.8) is 0 Å². The summed E-state index contributed by atoms with van der Waals surface area (Å²) in [5, 5.41) is 8.34. The third-order valence-corrected chi connectivity index (χ3v) is 3.87. The molecule has 1 N–H and O–H groups in total. The average Bonchev–Trinajstić information content (AvgIpc) is 3.09. The summed E-state index contributed by atoms with van der Waals surface area (Å²) < 4.78 is 2.24. The van der Waals surface area contributed by atoms with Crippen molar-refractivity contribution in [2.24, 2.45) is 0 Å². The highest BCUT2D eigenvalue weighted by molar-refractivity contribution is 5.22. The minimum absolute atomic E-state index is 0.521. The van der Waals surface area contributed by atoms with Crippen LogP contribution in [0.4, 0.5) is 0 Å². The molecule has 1 aliphatic carbocycles. The van der Waals surface area contributed by atoms with Crippen LogP contribution < -0.4 is 5.32 Å². The van der Waals surface area contributed by atoms with Gasteiger partial charge in [0.15, 0.2) is 0 Å². The van der Waals surface area contributed by atoms with Crippen LogP contribution in [0, 0.1) is 20.8 Å². The lowest BCUT2D eigenvalue weighted by atomic mass is 10.1. The van der Waals surface area contributed by atoms with Crippen molar-refractivity contribution >= 4 is 0 Å². The van der Waals surface area contributed by atoms with Gasteiger partial charge in [0.2, 0.25) is 0 Å². The smallest absolute Gasteiger partial charge is 0.0646 e. The summed E-state index contributed by atoms with van der Waals surface area (Å²) in [6.07, 6.45) is 5.14. The third-order valence-electron chi connectivity index (χ3n) is 3.87. The van der Waals surface area contributed by atoms with Crippen LogP contribution in [0.1, 0.15) is 55.6 Å². The maximum Gasteiger partial charge on any atom is 0.0646 e. The summed E-state index contributed by atoms with van der Waals surface area (Å²) in [7, 11) is 0. The monoisotopic (exact) mass is 235 g/mol. The molecule has 0 radical (unpaired) electrons. The number of hydrogen-bond donors (Lipinski definition) is 1. The average molecular weight is 235 g/mol. The van der Waals surface area contributed by atoms with Crippen LogP contribution >= 0.6 is 0 Å². The van der Waals surface area contributed by atoms with Gasteiger partial charge in [0.1, 0.15) is 0 Å². The van der Waals surface area contributed by atoms with E-state index < -0.39 is 0 Å². The summed E-state index contributed by atoms with van der Waals surface area (Å²) in [4.78, 5) is 0. The van der Waals surface area contributed by atoms with Crippen molar-refractivity contribution in [1.82, 2.24) is 15.1 Å². The first-order valence-electron chi connectivity index (χ1n) is 6.89. The van der Waals surface area contributed by atoms with Gasteiger partial charge >= 0.3 is 0 Å². The fraction of sp³-hybridized carbons (Fsp3) is 0.786. The van der Waals surface area contributed by atoms with Crippen molar-refractivity contribution < 1.29 is 0 Å². The van der Waals surface area contributed by atoms with E-state index in [9.17, 15) is 0 Å². The molecule has 96 valence electrons. The van der Waals surface area contributed by atoms with Gasteiger partial charge in [0.25, 0.3) is 0 Å². The molecule has 1 saturated carbocycles. The third kappa shape index (κ3) is 2.89. The minimum Gasteiger partial charge on any atom is -0.312 e. The van der Waals surface area contributed by atoms with E-state index in [4.69, 9.17) is 5.10 Å². The maximum atomic E-state index is 4.70. The second kappa shape index (κ2) is 5.21. The molecule has 1 aromatic rings. The number of aromatic nitrogens is 2. The van der Waals surface area contributed by atoms with E-state index in [1.807, 2.05) is 0 Å². The van der Waals surface area contributed by atoms with Crippen molar-refractivity contribution in [3.8, 4) is 0 Å². The van der Waals surface area contributed by atoms with Crippen LogP contribution in [0.15, 0.2) is 0 Å². The number of nitrogens with zero attached hydrogens (tertiary/aromatic N) is 2. The first-order chi connectivity index (χ1) is 8.13. The predicted molar refractivity (Wildman–Crippen MR) is 71.4 cm³/mol. The van der Waals surface area contributed by atoms with Crippen LogP contribution in [0.3, 0.4) is 0 Å². The zero-order valence-corrected chi connectivity index (χ0v) is 11.6. The fourth-order valence-electron chi connectivity index (χ4n) is 2.33. The van der Waals surface area contributed by atoms with Crippen molar-refractivity contribution in [1.29, 1.82) is 0 Å². The Kier molecular flexibility index (Phi) is 3.87. The molecule has 0 amide bonds. The van der Waals surface area contributed by atoms with Gasteiger partial charge in [-0.05, 0) is 45.6 Å². The molecule has 2 rings (SSSR count). The minimum atomic E-state index is 0.521. The van der Waals surface area contributed by atoms with E-state index in [1.165, 1.54) is 42.6 Å². The highest BCUT2D eigenvalue weighted by Gasteiger charge is 2.23. The Labute approximate surface area is 105 Å². The van der Waals surface area contributed by atoms with Crippen LogP contribution in [-0.4, -0.2) is 22.4 Å². The van der Waals surface area contributed by atoms with Crippen molar-refractivity contribution in [2.75, 3.05) is 6.54 Å². The molecule has 0 saturated heterocycles. The van der Waals surface area contributed by atoms with Gasteiger partial charge in [-0.2, -0.15) is 5.10 Å². The molecule has 17 heavy (non-hydrogen) atoms. The number of nitrogens with one attached hydrogen (secondary N) is 1. The first kappa shape index (κ1) is 12.6. The highest BCUT2D eigenvalue weighted by atomic mass is 15.3. The lowest BCUT2D eigenvalue weighted by Crippen LogP contribution is -2.28. The fourth-order valence-corrected chi connectivity index (χ4v) is 2.33. The molecule has 0 aromatic carbocycles. The van der Waals surface area contributed by atoms with E-state index in [2.05, 4.69) is 37.7 Å². The zero-order valence-electron chi connectivity index (χ0n) is 11.6. The molecule has 0 bridgehead atoms.